The molecule has 9 nitrogen and oxygen atoms in total. The molecule has 1 saturated heterocycles. The molecule has 2 aliphatic heterocycles. The molecular formula is C18H26N6O3. The van der Waals surface area contributed by atoms with Crippen molar-refractivity contribution in [1.82, 2.24) is 25.9 Å². The van der Waals surface area contributed by atoms with Gasteiger partial charge in [0.05, 0.1) is 12.3 Å². The fourth-order valence-corrected chi connectivity index (χ4v) is 2.90. The van der Waals surface area contributed by atoms with Crippen LogP contribution in [-0.2, 0) is 4.79 Å². The Balaban J connectivity index is 1.35. The Kier molecular flexibility index (Phi) is 6.61. The van der Waals surface area contributed by atoms with E-state index >= 15 is 0 Å². The van der Waals surface area contributed by atoms with Gasteiger partial charge in [0.15, 0.2) is 6.61 Å². The number of urea groups is 1. The number of amides is 3. The van der Waals surface area contributed by atoms with Crippen LogP contribution in [0.3, 0.4) is 0 Å². The van der Waals surface area contributed by atoms with E-state index in [2.05, 4.69) is 38.0 Å². The Hall–Kier alpha value is -2.65. The minimum absolute atomic E-state index is 0.0133. The summed E-state index contributed by atoms with van der Waals surface area (Å²) in [4.78, 5) is 27.6. The predicted molar refractivity (Wildman–Crippen MR) is 102 cm³/mol. The number of nitrogens with zero attached hydrogens (tertiary/aromatic N) is 3. The van der Waals surface area contributed by atoms with E-state index in [1.165, 1.54) is 0 Å². The van der Waals surface area contributed by atoms with Crippen LogP contribution in [0.15, 0.2) is 29.4 Å². The summed E-state index contributed by atoms with van der Waals surface area (Å²) in [5.74, 6) is 0.484. The maximum atomic E-state index is 11.9. The number of hydrogen-bond donors (Lipinski definition) is 3. The number of piperazine rings is 1. The normalized spacial score (nSPS) is 18.3. The Morgan fingerprint density at radius 2 is 1.96 bits per heavy atom. The van der Waals surface area contributed by atoms with Crippen molar-refractivity contribution in [2.24, 2.45) is 5.10 Å². The quantitative estimate of drug-likeness (QED) is 0.595. The van der Waals surface area contributed by atoms with Crippen LogP contribution >= 0.6 is 0 Å². The summed E-state index contributed by atoms with van der Waals surface area (Å²) in [6.45, 7) is 6.08. The fraction of sp³-hybridized carbons (Fsp3) is 0.500. The lowest BCUT2D eigenvalue weighted by atomic mass is 10.1. The molecule has 0 bridgehead atoms. The van der Waals surface area contributed by atoms with Crippen molar-refractivity contribution in [3.8, 4) is 5.75 Å². The van der Waals surface area contributed by atoms with E-state index in [0.717, 1.165) is 44.0 Å². The summed E-state index contributed by atoms with van der Waals surface area (Å²) in [7, 11) is 2.13. The zero-order chi connectivity index (χ0) is 19.1. The molecule has 0 aliphatic carbocycles. The highest BCUT2D eigenvalue weighted by Gasteiger charge is 2.14. The van der Waals surface area contributed by atoms with E-state index in [4.69, 9.17) is 4.74 Å². The molecule has 1 aromatic carbocycles. The summed E-state index contributed by atoms with van der Waals surface area (Å²) >= 11 is 0. The molecule has 3 amide bonds. The number of likely N-dealkylation sites (N-methyl/N-ethyl adjacent to an activating group) is 1. The third-order valence-electron chi connectivity index (χ3n) is 4.61. The smallest absolute Gasteiger partial charge is 0.335 e. The first-order valence-electron chi connectivity index (χ1n) is 9.11. The van der Waals surface area contributed by atoms with Crippen LogP contribution in [0.1, 0.15) is 5.56 Å². The van der Waals surface area contributed by atoms with Gasteiger partial charge in [-0.05, 0) is 36.9 Å². The van der Waals surface area contributed by atoms with Gasteiger partial charge in [-0.3, -0.25) is 9.69 Å². The molecule has 1 fully saturated rings. The van der Waals surface area contributed by atoms with E-state index in [9.17, 15) is 9.59 Å². The minimum Gasteiger partial charge on any atom is -0.484 e. The molecule has 9 heteroatoms. The highest BCUT2D eigenvalue weighted by Crippen LogP contribution is 2.13. The second-order valence-electron chi connectivity index (χ2n) is 6.66. The third-order valence-corrected chi connectivity index (χ3v) is 4.61. The monoisotopic (exact) mass is 374 g/mol. The van der Waals surface area contributed by atoms with Crippen LogP contribution in [-0.4, -0.2) is 86.9 Å². The maximum absolute atomic E-state index is 11.9. The molecule has 0 saturated carbocycles. The molecule has 3 rings (SSSR count). The number of carbonyl (C=O) groups is 2. The van der Waals surface area contributed by atoms with E-state index in [0.29, 0.717) is 18.8 Å². The second-order valence-corrected chi connectivity index (χ2v) is 6.66. The first-order chi connectivity index (χ1) is 13.1. The summed E-state index contributed by atoms with van der Waals surface area (Å²) in [5.41, 5.74) is 4.00. The van der Waals surface area contributed by atoms with Gasteiger partial charge in [-0.2, -0.15) is 5.10 Å². The largest absolute Gasteiger partial charge is 0.484 e. The number of carbonyl (C=O) groups excluding carboxylic acids is 2. The fourth-order valence-electron chi connectivity index (χ4n) is 2.90. The van der Waals surface area contributed by atoms with Gasteiger partial charge in [0.25, 0.3) is 5.91 Å². The Labute approximate surface area is 158 Å². The SMILES string of the molecule is CN1CCN(CCNC(=O)COc2ccc(C3=NNC(=O)NC3)cc2)CC1. The number of hydrazone groups is 1. The molecule has 1 aromatic rings. The minimum atomic E-state index is -0.308. The van der Waals surface area contributed by atoms with Gasteiger partial charge < -0.3 is 20.3 Å². The van der Waals surface area contributed by atoms with Crippen molar-refractivity contribution in [1.29, 1.82) is 0 Å². The first kappa shape index (κ1) is 19.1. The topological polar surface area (TPSA) is 98.3 Å². The van der Waals surface area contributed by atoms with Crippen LogP contribution in [0.5, 0.6) is 5.75 Å². The van der Waals surface area contributed by atoms with Crippen molar-refractivity contribution < 1.29 is 14.3 Å². The Morgan fingerprint density at radius 1 is 1.22 bits per heavy atom. The highest BCUT2D eigenvalue weighted by atomic mass is 16.5. The molecule has 2 heterocycles. The van der Waals surface area contributed by atoms with Crippen LogP contribution < -0.4 is 20.8 Å². The van der Waals surface area contributed by atoms with Gasteiger partial charge in [0, 0.05) is 39.3 Å². The van der Waals surface area contributed by atoms with Crippen molar-refractivity contribution in [2.75, 3.05) is 59.5 Å². The van der Waals surface area contributed by atoms with Gasteiger partial charge in [0.1, 0.15) is 5.75 Å². The summed E-state index contributed by atoms with van der Waals surface area (Å²) < 4.78 is 5.53. The first-order valence-corrected chi connectivity index (χ1v) is 9.11. The number of ether oxygens (including phenoxy) is 1. The van der Waals surface area contributed by atoms with Gasteiger partial charge >= 0.3 is 6.03 Å². The molecule has 27 heavy (non-hydrogen) atoms. The van der Waals surface area contributed by atoms with E-state index in [1.54, 1.807) is 12.1 Å². The Bertz CT molecular complexity index is 683. The van der Waals surface area contributed by atoms with E-state index in [-0.39, 0.29) is 18.5 Å². The average molecular weight is 374 g/mol. The molecule has 0 atom stereocenters. The van der Waals surface area contributed by atoms with Gasteiger partial charge in [-0.1, -0.05) is 0 Å². The van der Waals surface area contributed by atoms with Gasteiger partial charge in [0.2, 0.25) is 0 Å². The second kappa shape index (κ2) is 9.33. The molecule has 3 N–H and O–H groups in total. The Morgan fingerprint density at radius 3 is 2.63 bits per heavy atom. The van der Waals surface area contributed by atoms with Crippen molar-refractivity contribution in [3.63, 3.8) is 0 Å². The number of nitrogens with one attached hydrogen (secondary N) is 3. The van der Waals surface area contributed by atoms with Crippen LogP contribution in [0, 0.1) is 0 Å². The zero-order valence-corrected chi connectivity index (χ0v) is 15.5. The lowest BCUT2D eigenvalue weighted by molar-refractivity contribution is -0.123. The number of benzene rings is 1. The van der Waals surface area contributed by atoms with Crippen LogP contribution in [0.4, 0.5) is 4.79 Å². The molecule has 0 radical (unpaired) electrons. The molecular weight excluding hydrogens is 348 g/mol. The van der Waals surface area contributed by atoms with Crippen LogP contribution in [0.2, 0.25) is 0 Å². The molecule has 2 aliphatic rings. The van der Waals surface area contributed by atoms with Crippen LogP contribution in [0.25, 0.3) is 0 Å². The average Bonchev–Trinajstić information content (AvgIpc) is 2.69. The van der Waals surface area contributed by atoms with Crippen molar-refractivity contribution >= 4 is 17.6 Å². The summed E-state index contributed by atoms with van der Waals surface area (Å²) in [6.07, 6.45) is 0. The van der Waals surface area contributed by atoms with Gasteiger partial charge in [-0.15, -0.1) is 0 Å². The lowest BCUT2D eigenvalue weighted by Gasteiger charge is -2.32. The molecule has 0 spiro atoms. The third kappa shape index (κ3) is 5.93. The number of hydrogen-bond acceptors (Lipinski definition) is 6. The highest BCUT2D eigenvalue weighted by molar-refractivity contribution is 6.05. The standard InChI is InChI=1S/C18H26N6O3/c1-23-8-10-24(11-9-23)7-6-19-17(25)13-27-15-4-2-14(3-5-15)16-12-20-18(26)22-21-16/h2-5H,6-13H2,1H3,(H,19,25)(H2,20,22,26). The van der Waals surface area contributed by atoms with Crippen molar-refractivity contribution in [2.45, 2.75) is 0 Å². The zero-order valence-electron chi connectivity index (χ0n) is 15.5. The molecule has 0 unspecified atom stereocenters. The van der Waals surface area contributed by atoms with E-state index < -0.39 is 0 Å². The summed E-state index contributed by atoms with van der Waals surface area (Å²) in [5, 5.41) is 9.56. The predicted octanol–water partition coefficient (Wildman–Crippen LogP) is -0.554. The van der Waals surface area contributed by atoms with Crippen molar-refractivity contribution in [3.05, 3.63) is 29.8 Å². The summed E-state index contributed by atoms with van der Waals surface area (Å²) in [6, 6.07) is 6.95. The molecule has 0 aromatic heterocycles. The maximum Gasteiger partial charge on any atom is 0.335 e. The molecule has 146 valence electrons. The number of rotatable bonds is 7. The van der Waals surface area contributed by atoms with E-state index in [1.807, 2.05) is 12.1 Å². The van der Waals surface area contributed by atoms with Gasteiger partial charge in [-0.25, -0.2) is 10.2 Å². The lowest BCUT2D eigenvalue weighted by Crippen LogP contribution is -2.47.